The predicted octanol–water partition coefficient (Wildman–Crippen LogP) is 4.24. The number of esters is 1. The molecule has 27 heavy (non-hydrogen) atoms. The van der Waals surface area contributed by atoms with Crippen molar-refractivity contribution in [3.05, 3.63) is 95.3 Å². The van der Waals surface area contributed by atoms with Gasteiger partial charge in [0.25, 0.3) is 5.91 Å². The minimum atomic E-state index is -1.07. The van der Waals surface area contributed by atoms with E-state index in [1.54, 1.807) is 48.5 Å². The summed E-state index contributed by atoms with van der Waals surface area (Å²) in [6.45, 7) is 3.80. The summed E-state index contributed by atoms with van der Waals surface area (Å²) in [7, 11) is 0. The number of nitrogens with one attached hydrogen (secondary N) is 1. The van der Waals surface area contributed by atoms with Crippen molar-refractivity contribution in [3.63, 3.8) is 0 Å². The SMILES string of the molecule is Cc1ccc(NC(=O)C(OC(=O)c2ccc(C)nc2)c2ccccc2)cc1. The molecule has 1 N–H and O–H groups in total. The van der Waals surface area contributed by atoms with Crippen LogP contribution >= 0.6 is 0 Å². The zero-order valence-corrected chi connectivity index (χ0v) is 15.2. The highest BCUT2D eigenvalue weighted by molar-refractivity contribution is 5.98. The molecule has 0 saturated heterocycles. The maximum Gasteiger partial charge on any atom is 0.340 e. The number of nitrogens with zero attached hydrogens (tertiary/aromatic N) is 1. The number of amides is 1. The Labute approximate surface area is 158 Å². The van der Waals surface area contributed by atoms with Crippen molar-refractivity contribution in [2.45, 2.75) is 20.0 Å². The number of carbonyl (C=O) groups is 2. The third kappa shape index (κ3) is 4.79. The van der Waals surface area contributed by atoms with Crippen molar-refractivity contribution in [1.29, 1.82) is 0 Å². The minimum Gasteiger partial charge on any atom is -0.444 e. The van der Waals surface area contributed by atoms with E-state index >= 15 is 0 Å². The quantitative estimate of drug-likeness (QED) is 0.691. The molecule has 1 amide bonds. The number of benzene rings is 2. The van der Waals surface area contributed by atoms with Crippen LogP contribution in [0.1, 0.15) is 33.3 Å². The molecule has 0 radical (unpaired) electrons. The van der Waals surface area contributed by atoms with Crippen LogP contribution in [0.5, 0.6) is 0 Å². The molecule has 0 aliphatic carbocycles. The first-order chi connectivity index (χ1) is 13.0. The third-order valence-electron chi connectivity index (χ3n) is 4.03. The van der Waals surface area contributed by atoms with Crippen LogP contribution in [0.3, 0.4) is 0 Å². The number of hydrogen-bond acceptors (Lipinski definition) is 4. The minimum absolute atomic E-state index is 0.296. The molecule has 2 aromatic carbocycles. The van der Waals surface area contributed by atoms with E-state index in [2.05, 4.69) is 10.3 Å². The molecule has 1 heterocycles. The van der Waals surface area contributed by atoms with Crippen molar-refractivity contribution in [2.75, 3.05) is 5.32 Å². The number of aryl methyl sites for hydroxylation is 2. The second kappa shape index (κ2) is 8.27. The van der Waals surface area contributed by atoms with Gasteiger partial charge in [-0.3, -0.25) is 9.78 Å². The summed E-state index contributed by atoms with van der Waals surface area (Å²) in [5, 5.41) is 2.80. The van der Waals surface area contributed by atoms with Gasteiger partial charge in [0.15, 0.2) is 0 Å². The molecular formula is C22H20N2O3. The maximum absolute atomic E-state index is 12.8. The van der Waals surface area contributed by atoms with Crippen LogP contribution in [0.15, 0.2) is 72.9 Å². The van der Waals surface area contributed by atoms with Crippen LogP contribution in [-0.4, -0.2) is 16.9 Å². The van der Waals surface area contributed by atoms with Gasteiger partial charge in [-0.15, -0.1) is 0 Å². The molecule has 0 fully saturated rings. The summed E-state index contributed by atoms with van der Waals surface area (Å²) < 4.78 is 5.53. The first-order valence-corrected chi connectivity index (χ1v) is 8.59. The smallest absolute Gasteiger partial charge is 0.340 e. The highest BCUT2D eigenvalue weighted by atomic mass is 16.5. The Morgan fingerprint density at radius 2 is 1.63 bits per heavy atom. The van der Waals surface area contributed by atoms with Gasteiger partial charge in [-0.25, -0.2) is 4.79 Å². The number of aromatic nitrogens is 1. The van der Waals surface area contributed by atoms with Gasteiger partial charge in [-0.2, -0.15) is 0 Å². The molecule has 5 heteroatoms. The zero-order valence-electron chi connectivity index (χ0n) is 15.2. The normalized spacial score (nSPS) is 11.5. The first kappa shape index (κ1) is 18.3. The van der Waals surface area contributed by atoms with Gasteiger partial charge in [-0.1, -0.05) is 48.0 Å². The van der Waals surface area contributed by atoms with Crippen LogP contribution in [0.4, 0.5) is 5.69 Å². The summed E-state index contributed by atoms with van der Waals surface area (Å²) in [5.41, 5.74) is 3.41. The summed E-state index contributed by atoms with van der Waals surface area (Å²) >= 11 is 0. The lowest BCUT2D eigenvalue weighted by molar-refractivity contribution is -0.125. The number of rotatable bonds is 5. The Morgan fingerprint density at radius 1 is 0.926 bits per heavy atom. The molecular weight excluding hydrogens is 340 g/mol. The lowest BCUT2D eigenvalue weighted by Gasteiger charge is -2.18. The molecule has 0 aliphatic heterocycles. The van der Waals surface area contributed by atoms with E-state index in [-0.39, 0.29) is 0 Å². The average molecular weight is 360 g/mol. The van der Waals surface area contributed by atoms with E-state index in [0.29, 0.717) is 16.8 Å². The Hall–Kier alpha value is -3.47. The van der Waals surface area contributed by atoms with E-state index in [4.69, 9.17) is 4.74 Å². The molecule has 1 atom stereocenters. The summed E-state index contributed by atoms with van der Waals surface area (Å²) in [6.07, 6.45) is 0.374. The van der Waals surface area contributed by atoms with Gasteiger partial charge in [-0.05, 0) is 38.1 Å². The molecule has 1 unspecified atom stereocenters. The second-order valence-corrected chi connectivity index (χ2v) is 6.24. The molecule has 0 aliphatic rings. The monoisotopic (exact) mass is 360 g/mol. The maximum atomic E-state index is 12.8. The Kier molecular flexibility index (Phi) is 5.61. The second-order valence-electron chi connectivity index (χ2n) is 6.24. The number of carbonyl (C=O) groups excluding carboxylic acids is 2. The standard InChI is InChI=1S/C22H20N2O3/c1-15-8-12-19(13-9-15)24-21(25)20(17-6-4-3-5-7-17)27-22(26)18-11-10-16(2)23-14-18/h3-14,20H,1-2H3,(H,24,25). The number of ether oxygens (including phenoxy) is 1. The lowest BCUT2D eigenvalue weighted by atomic mass is 10.1. The van der Waals surface area contributed by atoms with Crippen LogP contribution in [0.2, 0.25) is 0 Å². The van der Waals surface area contributed by atoms with E-state index < -0.39 is 18.0 Å². The van der Waals surface area contributed by atoms with E-state index in [0.717, 1.165) is 11.3 Å². The van der Waals surface area contributed by atoms with Gasteiger partial charge >= 0.3 is 5.97 Å². The largest absolute Gasteiger partial charge is 0.444 e. The summed E-state index contributed by atoms with van der Waals surface area (Å²) in [5.74, 6) is -1.02. The van der Waals surface area contributed by atoms with Crippen molar-refractivity contribution >= 4 is 17.6 Å². The molecule has 1 aromatic heterocycles. The molecule has 5 nitrogen and oxygen atoms in total. The van der Waals surface area contributed by atoms with Gasteiger partial charge in [0.2, 0.25) is 6.10 Å². The van der Waals surface area contributed by atoms with Gasteiger partial charge in [0, 0.05) is 23.1 Å². The average Bonchev–Trinajstić information content (AvgIpc) is 2.69. The Bertz CT molecular complexity index is 920. The molecule has 0 bridgehead atoms. The topological polar surface area (TPSA) is 68.3 Å². The van der Waals surface area contributed by atoms with Crippen LogP contribution in [0.25, 0.3) is 0 Å². The number of pyridine rings is 1. The van der Waals surface area contributed by atoms with E-state index in [9.17, 15) is 9.59 Å². The highest BCUT2D eigenvalue weighted by Crippen LogP contribution is 2.22. The molecule has 0 saturated carbocycles. The van der Waals surface area contributed by atoms with Crippen LogP contribution in [0, 0.1) is 13.8 Å². The van der Waals surface area contributed by atoms with Gasteiger partial charge in [0.1, 0.15) is 0 Å². The molecule has 136 valence electrons. The van der Waals surface area contributed by atoms with Crippen molar-refractivity contribution in [3.8, 4) is 0 Å². The van der Waals surface area contributed by atoms with Crippen molar-refractivity contribution in [1.82, 2.24) is 4.98 Å². The van der Waals surface area contributed by atoms with E-state index in [1.807, 2.05) is 32.0 Å². The predicted molar refractivity (Wildman–Crippen MR) is 103 cm³/mol. The fraction of sp³-hybridized carbons (Fsp3) is 0.136. The fourth-order valence-electron chi connectivity index (χ4n) is 2.51. The van der Waals surface area contributed by atoms with Crippen LogP contribution in [-0.2, 0) is 9.53 Å². The first-order valence-electron chi connectivity index (χ1n) is 8.59. The summed E-state index contributed by atoms with van der Waals surface area (Å²) in [6, 6.07) is 19.7. The molecule has 3 rings (SSSR count). The summed E-state index contributed by atoms with van der Waals surface area (Å²) in [4.78, 5) is 29.4. The number of hydrogen-bond donors (Lipinski definition) is 1. The molecule has 3 aromatic rings. The van der Waals surface area contributed by atoms with Crippen LogP contribution < -0.4 is 5.32 Å². The Morgan fingerprint density at radius 3 is 2.26 bits per heavy atom. The lowest BCUT2D eigenvalue weighted by Crippen LogP contribution is -2.26. The van der Waals surface area contributed by atoms with Gasteiger partial charge in [0.05, 0.1) is 5.56 Å². The van der Waals surface area contributed by atoms with Gasteiger partial charge < -0.3 is 10.1 Å². The molecule has 0 spiro atoms. The number of anilines is 1. The van der Waals surface area contributed by atoms with Crippen molar-refractivity contribution in [2.24, 2.45) is 0 Å². The van der Waals surface area contributed by atoms with E-state index in [1.165, 1.54) is 6.20 Å². The highest BCUT2D eigenvalue weighted by Gasteiger charge is 2.26. The van der Waals surface area contributed by atoms with Crippen molar-refractivity contribution < 1.29 is 14.3 Å². The third-order valence-corrected chi connectivity index (χ3v) is 4.03. The Balaban J connectivity index is 1.82. The fourth-order valence-corrected chi connectivity index (χ4v) is 2.51. The zero-order chi connectivity index (χ0) is 19.2.